The first-order valence-corrected chi connectivity index (χ1v) is 7.44. The zero-order chi connectivity index (χ0) is 11.8. The molecular formula is C15H23Br. The van der Waals surface area contributed by atoms with Crippen molar-refractivity contribution in [2.24, 2.45) is 11.8 Å². The molecular weight excluding hydrogens is 260 g/mol. The monoisotopic (exact) mass is 282 g/mol. The molecule has 1 aromatic carbocycles. The summed E-state index contributed by atoms with van der Waals surface area (Å²) in [5, 5.41) is 1.15. The Morgan fingerprint density at radius 1 is 1.12 bits per heavy atom. The van der Waals surface area contributed by atoms with Crippen LogP contribution in [0, 0.1) is 11.8 Å². The zero-order valence-electron chi connectivity index (χ0n) is 10.5. The maximum Gasteiger partial charge on any atom is 0.00597 e. The molecule has 0 N–H and O–H groups in total. The van der Waals surface area contributed by atoms with Crippen LogP contribution in [-0.4, -0.2) is 5.33 Å². The minimum Gasteiger partial charge on any atom is -0.0925 e. The predicted octanol–water partition coefficient (Wildman–Crippen LogP) is 5.07. The van der Waals surface area contributed by atoms with Crippen LogP contribution in [0.2, 0.25) is 0 Å². The van der Waals surface area contributed by atoms with Gasteiger partial charge in [-0.1, -0.05) is 60.1 Å². The number of alkyl halides is 1. The molecule has 0 spiro atoms. The summed E-state index contributed by atoms with van der Waals surface area (Å²) in [6.45, 7) is 4.62. The van der Waals surface area contributed by atoms with E-state index in [0.717, 1.165) is 17.2 Å². The van der Waals surface area contributed by atoms with E-state index in [2.05, 4.69) is 60.1 Å². The summed E-state index contributed by atoms with van der Waals surface area (Å²) in [5.41, 5.74) is 1.47. The highest BCUT2D eigenvalue weighted by Gasteiger charge is 2.09. The van der Waals surface area contributed by atoms with Crippen molar-refractivity contribution in [1.29, 1.82) is 0 Å². The van der Waals surface area contributed by atoms with Crippen LogP contribution in [0.15, 0.2) is 30.3 Å². The molecule has 0 radical (unpaired) electrons. The SMILES string of the molecule is CC(C)CC(CBr)CCCc1ccccc1. The Labute approximate surface area is 109 Å². The van der Waals surface area contributed by atoms with E-state index in [9.17, 15) is 0 Å². The van der Waals surface area contributed by atoms with Crippen molar-refractivity contribution < 1.29 is 0 Å². The molecule has 0 aliphatic heterocycles. The van der Waals surface area contributed by atoms with Gasteiger partial charge < -0.3 is 0 Å². The summed E-state index contributed by atoms with van der Waals surface area (Å²) >= 11 is 3.63. The van der Waals surface area contributed by atoms with Crippen molar-refractivity contribution in [1.82, 2.24) is 0 Å². The lowest BCUT2D eigenvalue weighted by Gasteiger charge is -2.16. The van der Waals surface area contributed by atoms with Gasteiger partial charge in [0.15, 0.2) is 0 Å². The van der Waals surface area contributed by atoms with Crippen LogP contribution in [0.5, 0.6) is 0 Å². The molecule has 90 valence electrons. The van der Waals surface area contributed by atoms with Gasteiger partial charge in [-0.15, -0.1) is 0 Å². The lowest BCUT2D eigenvalue weighted by molar-refractivity contribution is 0.413. The summed E-state index contributed by atoms with van der Waals surface area (Å²) in [6, 6.07) is 10.8. The van der Waals surface area contributed by atoms with Gasteiger partial charge in [-0.05, 0) is 43.1 Å². The van der Waals surface area contributed by atoms with E-state index in [1.807, 2.05) is 0 Å². The Kier molecular flexibility index (Phi) is 6.79. The van der Waals surface area contributed by atoms with Crippen molar-refractivity contribution in [3.63, 3.8) is 0 Å². The molecule has 1 aromatic rings. The normalized spacial score (nSPS) is 13.0. The lowest BCUT2D eigenvalue weighted by atomic mass is 9.93. The van der Waals surface area contributed by atoms with Gasteiger partial charge >= 0.3 is 0 Å². The van der Waals surface area contributed by atoms with E-state index < -0.39 is 0 Å². The fraction of sp³-hybridized carbons (Fsp3) is 0.600. The molecule has 0 bridgehead atoms. The number of aryl methyl sites for hydroxylation is 1. The van der Waals surface area contributed by atoms with Crippen LogP contribution in [0.4, 0.5) is 0 Å². The third-order valence-electron chi connectivity index (χ3n) is 2.94. The standard InChI is InChI=1S/C15H23Br/c1-13(2)11-15(12-16)10-6-9-14-7-4-3-5-8-14/h3-5,7-8,13,15H,6,9-12H2,1-2H3. The van der Waals surface area contributed by atoms with Crippen LogP contribution in [-0.2, 0) is 6.42 Å². The minimum atomic E-state index is 0.819. The van der Waals surface area contributed by atoms with Crippen LogP contribution in [0.25, 0.3) is 0 Å². The summed E-state index contributed by atoms with van der Waals surface area (Å²) in [5.74, 6) is 1.67. The Balaban J connectivity index is 2.23. The average Bonchev–Trinajstić information content (AvgIpc) is 2.28. The highest BCUT2D eigenvalue weighted by atomic mass is 79.9. The average molecular weight is 283 g/mol. The summed E-state index contributed by atoms with van der Waals surface area (Å²) < 4.78 is 0. The van der Waals surface area contributed by atoms with Crippen molar-refractivity contribution in [3.8, 4) is 0 Å². The van der Waals surface area contributed by atoms with Crippen LogP contribution >= 0.6 is 15.9 Å². The number of hydrogen-bond acceptors (Lipinski definition) is 0. The molecule has 0 aliphatic rings. The van der Waals surface area contributed by atoms with E-state index in [1.165, 1.54) is 31.2 Å². The summed E-state index contributed by atoms with van der Waals surface area (Å²) in [4.78, 5) is 0. The second-order valence-corrected chi connectivity index (χ2v) is 5.68. The highest BCUT2D eigenvalue weighted by Crippen LogP contribution is 2.20. The van der Waals surface area contributed by atoms with Crippen molar-refractivity contribution in [2.45, 2.75) is 39.5 Å². The number of benzene rings is 1. The Morgan fingerprint density at radius 2 is 1.81 bits per heavy atom. The first-order valence-electron chi connectivity index (χ1n) is 6.32. The number of rotatable bonds is 7. The van der Waals surface area contributed by atoms with Crippen LogP contribution in [0.1, 0.15) is 38.7 Å². The minimum absolute atomic E-state index is 0.819. The first-order chi connectivity index (χ1) is 7.72. The van der Waals surface area contributed by atoms with E-state index in [0.29, 0.717) is 0 Å². The summed E-state index contributed by atoms with van der Waals surface area (Å²) in [7, 11) is 0. The molecule has 0 amide bonds. The molecule has 0 saturated carbocycles. The van der Waals surface area contributed by atoms with Gasteiger partial charge in [-0.25, -0.2) is 0 Å². The van der Waals surface area contributed by atoms with Gasteiger partial charge in [-0.3, -0.25) is 0 Å². The molecule has 0 aromatic heterocycles. The molecule has 16 heavy (non-hydrogen) atoms. The third kappa shape index (κ3) is 5.69. The predicted molar refractivity (Wildman–Crippen MR) is 76.1 cm³/mol. The smallest absolute Gasteiger partial charge is 0.00597 e. The largest absolute Gasteiger partial charge is 0.0925 e. The molecule has 0 fully saturated rings. The van der Waals surface area contributed by atoms with E-state index >= 15 is 0 Å². The van der Waals surface area contributed by atoms with E-state index in [-0.39, 0.29) is 0 Å². The highest BCUT2D eigenvalue weighted by molar-refractivity contribution is 9.09. The Morgan fingerprint density at radius 3 is 2.38 bits per heavy atom. The number of halogens is 1. The quantitative estimate of drug-likeness (QED) is 0.613. The van der Waals surface area contributed by atoms with Crippen molar-refractivity contribution in [2.75, 3.05) is 5.33 Å². The zero-order valence-corrected chi connectivity index (χ0v) is 12.0. The second-order valence-electron chi connectivity index (χ2n) is 5.03. The number of hydrogen-bond donors (Lipinski definition) is 0. The van der Waals surface area contributed by atoms with Gasteiger partial charge in [0.1, 0.15) is 0 Å². The molecule has 1 unspecified atom stereocenters. The van der Waals surface area contributed by atoms with Gasteiger partial charge in [0, 0.05) is 5.33 Å². The fourth-order valence-electron chi connectivity index (χ4n) is 2.16. The Bertz CT molecular complexity index is 266. The molecule has 0 heterocycles. The van der Waals surface area contributed by atoms with Crippen molar-refractivity contribution >= 4 is 15.9 Å². The molecule has 1 rings (SSSR count). The van der Waals surface area contributed by atoms with E-state index in [1.54, 1.807) is 0 Å². The molecule has 0 saturated heterocycles. The third-order valence-corrected chi connectivity index (χ3v) is 3.86. The molecule has 0 aliphatic carbocycles. The lowest BCUT2D eigenvalue weighted by Crippen LogP contribution is -2.06. The Hall–Kier alpha value is -0.300. The molecule has 1 atom stereocenters. The van der Waals surface area contributed by atoms with Gasteiger partial charge in [-0.2, -0.15) is 0 Å². The summed E-state index contributed by atoms with van der Waals surface area (Å²) in [6.07, 6.45) is 5.23. The van der Waals surface area contributed by atoms with Gasteiger partial charge in [0.2, 0.25) is 0 Å². The van der Waals surface area contributed by atoms with Gasteiger partial charge in [0.05, 0.1) is 0 Å². The van der Waals surface area contributed by atoms with Crippen molar-refractivity contribution in [3.05, 3.63) is 35.9 Å². The maximum atomic E-state index is 3.63. The maximum absolute atomic E-state index is 3.63. The van der Waals surface area contributed by atoms with Crippen LogP contribution in [0.3, 0.4) is 0 Å². The topological polar surface area (TPSA) is 0 Å². The molecule has 1 heteroatoms. The van der Waals surface area contributed by atoms with Crippen LogP contribution < -0.4 is 0 Å². The molecule has 0 nitrogen and oxygen atoms in total. The van der Waals surface area contributed by atoms with Gasteiger partial charge in [0.25, 0.3) is 0 Å². The van der Waals surface area contributed by atoms with E-state index in [4.69, 9.17) is 0 Å². The second kappa shape index (κ2) is 7.89. The fourth-order valence-corrected chi connectivity index (χ4v) is 2.75. The first kappa shape index (κ1) is 13.8.